The summed E-state index contributed by atoms with van der Waals surface area (Å²) in [4.78, 5) is 16.6. The molecule has 0 spiro atoms. The van der Waals surface area contributed by atoms with E-state index in [4.69, 9.17) is 9.84 Å². The van der Waals surface area contributed by atoms with Gasteiger partial charge >= 0.3 is 0 Å². The van der Waals surface area contributed by atoms with Crippen LogP contribution in [0.5, 0.6) is 5.75 Å². The van der Waals surface area contributed by atoms with Gasteiger partial charge < -0.3 is 19.7 Å². The van der Waals surface area contributed by atoms with Gasteiger partial charge in [0, 0.05) is 30.6 Å². The van der Waals surface area contributed by atoms with Crippen molar-refractivity contribution in [1.82, 2.24) is 9.88 Å². The molecule has 0 aliphatic rings. The molecule has 0 saturated carbocycles. The van der Waals surface area contributed by atoms with Crippen LogP contribution in [0.1, 0.15) is 17.4 Å². The molecule has 2 aromatic rings. The van der Waals surface area contributed by atoms with Gasteiger partial charge in [0.15, 0.2) is 0 Å². The molecule has 1 aromatic carbocycles. The summed E-state index contributed by atoms with van der Waals surface area (Å²) in [6.45, 7) is 2.81. The Morgan fingerprint density at radius 1 is 1.42 bits per heavy atom. The molecule has 19 heavy (non-hydrogen) atoms. The maximum atomic E-state index is 12.1. The van der Waals surface area contributed by atoms with Crippen molar-refractivity contribution in [3.05, 3.63) is 30.0 Å². The van der Waals surface area contributed by atoms with Crippen molar-refractivity contribution in [2.45, 2.75) is 6.92 Å². The maximum absolute atomic E-state index is 12.1. The second-order valence-corrected chi connectivity index (χ2v) is 4.32. The van der Waals surface area contributed by atoms with E-state index in [2.05, 4.69) is 4.98 Å². The largest absolute Gasteiger partial charge is 0.494 e. The Morgan fingerprint density at radius 2 is 2.21 bits per heavy atom. The van der Waals surface area contributed by atoms with Gasteiger partial charge in [0.2, 0.25) is 0 Å². The Labute approximate surface area is 111 Å². The zero-order valence-corrected chi connectivity index (χ0v) is 11.1. The van der Waals surface area contributed by atoms with Crippen molar-refractivity contribution in [2.24, 2.45) is 0 Å². The summed E-state index contributed by atoms with van der Waals surface area (Å²) in [7, 11) is 1.66. The number of H-pyrrole nitrogens is 1. The molecular formula is C14H18N2O3. The number of rotatable bonds is 5. The highest BCUT2D eigenvalue weighted by Crippen LogP contribution is 2.22. The fourth-order valence-electron chi connectivity index (χ4n) is 1.94. The van der Waals surface area contributed by atoms with Gasteiger partial charge in [0.1, 0.15) is 11.4 Å². The molecule has 0 fully saturated rings. The number of nitrogens with zero attached hydrogens (tertiary/aromatic N) is 1. The van der Waals surface area contributed by atoms with E-state index in [0.29, 0.717) is 18.8 Å². The summed E-state index contributed by atoms with van der Waals surface area (Å²) in [6.07, 6.45) is 0. The molecule has 5 heteroatoms. The number of hydrogen-bond donors (Lipinski definition) is 2. The summed E-state index contributed by atoms with van der Waals surface area (Å²) in [5.41, 5.74) is 1.38. The van der Waals surface area contributed by atoms with Gasteiger partial charge in [-0.25, -0.2) is 0 Å². The zero-order chi connectivity index (χ0) is 13.8. The quantitative estimate of drug-likeness (QED) is 0.860. The summed E-state index contributed by atoms with van der Waals surface area (Å²) in [6, 6.07) is 7.48. The highest BCUT2D eigenvalue weighted by Gasteiger charge is 2.14. The molecular weight excluding hydrogens is 244 g/mol. The van der Waals surface area contributed by atoms with E-state index in [0.717, 1.165) is 16.7 Å². The lowest BCUT2D eigenvalue weighted by Gasteiger charge is -2.13. The third kappa shape index (κ3) is 2.88. The monoisotopic (exact) mass is 262 g/mol. The van der Waals surface area contributed by atoms with E-state index >= 15 is 0 Å². The van der Waals surface area contributed by atoms with Crippen LogP contribution in [0.15, 0.2) is 24.3 Å². The van der Waals surface area contributed by atoms with E-state index in [1.54, 1.807) is 13.1 Å². The number of carbonyl (C=O) groups is 1. The van der Waals surface area contributed by atoms with Gasteiger partial charge in [-0.15, -0.1) is 0 Å². The van der Waals surface area contributed by atoms with E-state index in [-0.39, 0.29) is 12.5 Å². The summed E-state index contributed by atoms with van der Waals surface area (Å²) < 4.78 is 5.42. The third-order valence-electron chi connectivity index (χ3n) is 2.92. The molecule has 0 bridgehead atoms. The molecule has 0 saturated heterocycles. The van der Waals surface area contributed by atoms with Gasteiger partial charge in [-0.2, -0.15) is 0 Å². The number of hydrogen-bond acceptors (Lipinski definition) is 3. The van der Waals surface area contributed by atoms with Crippen molar-refractivity contribution in [1.29, 1.82) is 0 Å². The van der Waals surface area contributed by atoms with Crippen molar-refractivity contribution in [3.8, 4) is 5.75 Å². The minimum Gasteiger partial charge on any atom is -0.494 e. The average molecular weight is 262 g/mol. The molecule has 0 aliphatic carbocycles. The Balaban J connectivity index is 2.28. The minimum atomic E-state index is -0.136. The smallest absolute Gasteiger partial charge is 0.270 e. The van der Waals surface area contributed by atoms with Gasteiger partial charge in [0.05, 0.1) is 13.2 Å². The van der Waals surface area contributed by atoms with E-state index < -0.39 is 0 Å². The van der Waals surface area contributed by atoms with Crippen LogP contribution >= 0.6 is 0 Å². The Hall–Kier alpha value is -2.01. The van der Waals surface area contributed by atoms with Crippen molar-refractivity contribution >= 4 is 16.8 Å². The molecule has 1 heterocycles. The van der Waals surface area contributed by atoms with Crippen LogP contribution in [0, 0.1) is 0 Å². The van der Waals surface area contributed by atoms with Crippen LogP contribution < -0.4 is 4.74 Å². The van der Waals surface area contributed by atoms with Crippen molar-refractivity contribution in [3.63, 3.8) is 0 Å². The second kappa shape index (κ2) is 5.75. The first-order valence-electron chi connectivity index (χ1n) is 6.27. The number of likely N-dealkylation sites (N-methyl/N-ethyl adjacent to an activating group) is 1. The number of aliphatic hydroxyl groups excluding tert-OH is 1. The van der Waals surface area contributed by atoms with Gasteiger partial charge in [-0.1, -0.05) is 0 Å². The molecule has 0 atom stereocenters. The van der Waals surface area contributed by atoms with Crippen molar-refractivity contribution in [2.75, 3.05) is 26.8 Å². The Morgan fingerprint density at radius 3 is 2.89 bits per heavy atom. The van der Waals surface area contributed by atoms with Crippen LogP contribution in [0.2, 0.25) is 0 Å². The molecule has 0 unspecified atom stereocenters. The number of aromatic amines is 1. The highest BCUT2D eigenvalue weighted by molar-refractivity contribution is 5.98. The van der Waals surface area contributed by atoms with Gasteiger partial charge in [0.25, 0.3) is 5.91 Å². The van der Waals surface area contributed by atoms with Crippen LogP contribution in [-0.2, 0) is 0 Å². The zero-order valence-electron chi connectivity index (χ0n) is 11.1. The standard InChI is InChI=1S/C14H18N2O3/c1-3-19-11-5-4-10-8-13(15-12(10)9-11)14(18)16(2)6-7-17/h4-5,8-9,15,17H,3,6-7H2,1-2H3. The SMILES string of the molecule is CCOc1ccc2cc(C(=O)N(C)CCO)[nH]c2c1. The number of aromatic nitrogens is 1. The van der Waals surface area contributed by atoms with E-state index in [1.807, 2.05) is 25.1 Å². The molecule has 0 radical (unpaired) electrons. The van der Waals surface area contributed by atoms with Crippen molar-refractivity contribution < 1.29 is 14.6 Å². The fraction of sp³-hybridized carbons (Fsp3) is 0.357. The molecule has 102 valence electrons. The topological polar surface area (TPSA) is 65.6 Å². The Kier molecular flexibility index (Phi) is 4.06. The Bertz CT molecular complexity index is 577. The van der Waals surface area contributed by atoms with E-state index in [1.165, 1.54) is 4.90 Å². The van der Waals surface area contributed by atoms with E-state index in [9.17, 15) is 4.79 Å². The third-order valence-corrected chi connectivity index (χ3v) is 2.92. The fourth-order valence-corrected chi connectivity index (χ4v) is 1.94. The molecule has 5 nitrogen and oxygen atoms in total. The van der Waals surface area contributed by atoms with Crippen LogP contribution in [0.25, 0.3) is 10.9 Å². The lowest BCUT2D eigenvalue weighted by Crippen LogP contribution is -2.29. The minimum absolute atomic E-state index is 0.0447. The molecule has 2 rings (SSSR count). The summed E-state index contributed by atoms with van der Waals surface area (Å²) in [5, 5.41) is 9.81. The first-order valence-corrected chi connectivity index (χ1v) is 6.27. The normalized spacial score (nSPS) is 10.7. The molecule has 1 aromatic heterocycles. The summed E-state index contributed by atoms with van der Waals surface area (Å²) >= 11 is 0. The predicted octanol–water partition coefficient (Wildman–Crippen LogP) is 1.63. The average Bonchev–Trinajstić information content (AvgIpc) is 2.81. The second-order valence-electron chi connectivity index (χ2n) is 4.32. The lowest BCUT2D eigenvalue weighted by atomic mass is 10.2. The number of benzene rings is 1. The first kappa shape index (κ1) is 13.4. The summed E-state index contributed by atoms with van der Waals surface area (Å²) in [5.74, 6) is 0.641. The van der Waals surface area contributed by atoms with Gasteiger partial charge in [-0.3, -0.25) is 4.79 Å². The van der Waals surface area contributed by atoms with Gasteiger partial charge in [-0.05, 0) is 25.1 Å². The maximum Gasteiger partial charge on any atom is 0.270 e. The molecule has 0 aliphatic heterocycles. The van der Waals surface area contributed by atoms with Crippen LogP contribution in [-0.4, -0.2) is 47.7 Å². The number of fused-ring (bicyclic) bond motifs is 1. The predicted molar refractivity (Wildman–Crippen MR) is 73.5 cm³/mol. The highest BCUT2D eigenvalue weighted by atomic mass is 16.5. The van der Waals surface area contributed by atoms with Crippen LogP contribution in [0.3, 0.4) is 0 Å². The number of aliphatic hydroxyl groups is 1. The number of amides is 1. The molecule has 2 N–H and O–H groups in total. The molecule has 1 amide bonds. The first-order chi connectivity index (χ1) is 9.15. The number of nitrogens with one attached hydrogen (secondary N) is 1. The number of carbonyl (C=O) groups excluding carboxylic acids is 1. The van der Waals surface area contributed by atoms with Crippen LogP contribution in [0.4, 0.5) is 0 Å². The number of ether oxygens (including phenoxy) is 1. The lowest BCUT2D eigenvalue weighted by molar-refractivity contribution is 0.0762.